The number of nitrogens with one attached hydrogen (secondary N) is 1. The molecule has 3 rings (SSSR count). The second-order valence-corrected chi connectivity index (χ2v) is 5.44. The van der Waals surface area contributed by atoms with Crippen LogP contribution in [-0.4, -0.2) is 22.6 Å². The summed E-state index contributed by atoms with van der Waals surface area (Å²) in [5, 5.41) is 23.0. The molecule has 1 atom stereocenters. The zero-order valence-electron chi connectivity index (χ0n) is 12.2. The van der Waals surface area contributed by atoms with Crippen LogP contribution in [0.2, 0.25) is 0 Å². The maximum atomic E-state index is 9.86. The highest BCUT2D eigenvalue weighted by molar-refractivity contribution is 6.47. The molecule has 0 amide bonds. The molecule has 0 heterocycles. The molecule has 4 heteroatoms. The van der Waals surface area contributed by atoms with E-state index in [1.165, 1.54) is 0 Å². The summed E-state index contributed by atoms with van der Waals surface area (Å²) in [6, 6.07) is 17.9. The zero-order valence-corrected chi connectivity index (χ0v) is 12.2. The standard InChI is InChI=1S/C18H18BNO2/c21-19(22)18(13-7-2-8-14-18)20-17-12-6-5-11-16(17)15-9-3-1-4-10-15/h1-13,20-22H,14H2. The van der Waals surface area contributed by atoms with E-state index < -0.39 is 12.6 Å². The third kappa shape index (κ3) is 2.84. The van der Waals surface area contributed by atoms with Crippen molar-refractivity contribution in [2.24, 2.45) is 0 Å². The Morgan fingerprint density at radius 1 is 0.909 bits per heavy atom. The minimum absolute atomic E-state index is 0.518. The average Bonchev–Trinajstić information content (AvgIpc) is 2.57. The van der Waals surface area contributed by atoms with Gasteiger partial charge in [0.1, 0.15) is 0 Å². The van der Waals surface area contributed by atoms with Gasteiger partial charge in [-0.25, -0.2) is 0 Å². The van der Waals surface area contributed by atoms with Crippen molar-refractivity contribution in [3.8, 4) is 11.1 Å². The first-order valence-corrected chi connectivity index (χ1v) is 7.34. The van der Waals surface area contributed by atoms with Crippen LogP contribution in [0, 0.1) is 0 Å². The molecule has 1 aliphatic rings. The van der Waals surface area contributed by atoms with Gasteiger partial charge in [0.05, 0.1) is 5.44 Å². The fourth-order valence-electron chi connectivity index (χ4n) is 2.70. The summed E-state index contributed by atoms with van der Waals surface area (Å²) < 4.78 is 0. The van der Waals surface area contributed by atoms with Gasteiger partial charge in [-0.15, -0.1) is 0 Å². The Kier molecular flexibility index (Phi) is 4.14. The van der Waals surface area contributed by atoms with Gasteiger partial charge in [-0.1, -0.05) is 72.8 Å². The summed E-state index contributed by atoms with van der Waals surface area (Å²) in [5.74, 6) is 0. The maximum Gasteiger partial charge on any atom is 0.483 e. The summed E-state index contributed by atoms with van der Waals surface area (Å²) in [4.78, 5) is 0. The lowest BCUT2D eigenvalue weighted by atomic mass is 9.61. The molecule has 0 aliphatic heterocycles. The average molecular weight is 291 g/mol. The second-order valence-electron chi connectivity index (χ2n) is 5.44. The Labute approximate surface area is 130 Å². The molecule has 2 aromatic carbocycles. The molecule has 0 spiro atoms. The van der Waals surface area contributed by atoms with Gasteiger partial charge in [-0.2, -0.15) is 0 Å². The molecule has 0 bridgehead atoms. The quantitative estimate of drug-likeness (QED) is 0.759. The largest absolute Gasteiger partial charge is 0.483 e. The van der Waals surface area contributed by atoms with Gasteiger partial charge < -0.3 is 15.4 Å². The number of anilines is 1. The van der Waals surface area contributed by atoms with Crippen LogP contribution in [0.4, 0.5) is 5.69 Å². The predicted molar refractivity (Wildman–Crippen MR) is 91.3 cm³/mol. The Morgan fingerprint density at radius 3 is 2.32 bits per heavy atom. The lowest BCUT2D eigenvalue weighted by Gasteiger charge is -2.33. The Morgan fingerprint density at radius 2 is 1.64 bits per heavy atom. The molecule has 0 saturated carbocycles. The number of benzene rings is 2. The third-order valence-electron chi connectivity index (χ3n) is 3.94. The molecule has 1 unspecified atom stereocenters. The fraction of sp³-hybridized carbons (Fsp3) is 0.111. The van der Waals surface area contributed by atoms with E-state index in [2.05, 4.69) is 5.32 Å². The van der Waals surface area contributed by atoms with Crippen molar-refractivity contribution in [2.45, 2.75) is 11.9 Å². The molecule has 0 saturated heterocycles. The van der Waals surface area contributed by atoms with Gasteiger partial charge in [0.2, 0.25) is 0 Å². The first-order chi connectivity index (χ1) is 10.7. The van der Waals surface area contributed by atoms with Crippen LogP contribution in [0.25, 0.3) is 11.1 Å². The number of hydrogen-bond acceptors (Lipinski definition) is 3. The SMILES string of the molecule is OB(O)C1(Nc2ccccc2-c2ccccc2)C=CC=CC1. The van der Waals surface area contributed by atoms with Gasteiger partial charge in [0.15, 0.2) is 0 Å². The van der Waals surface area contributed by atoms with E-state index in [0.29, 0.717) is 6.42 Å². The number of allylic oxidation sites excluding steroid dienone is 2. The second kappa shape index (κ2) is 6.22. The van der Waals surface area contributed by atoms with Crippen LogP contribution in [0.3, 0.4) is 0 Å². The molecule has 3 nitrogen and oxygen atoms in total. The summed E-state index contributed by atoms with van der Waals surface area (Å²) in [6.07, 6.45) is 7.99. The van der Waals surface area contributed by atoms with E-state index in [1.807, 2.05) is 72.8 Å². The van der Waals surface area contributed by atoms with Gasteiger partial charge in [0.25, 0.3) is 0 Å². The summed E-state index contributed by atoms with van der Waals surface area (Å²) >= 11 is 0. The molecule has 0 fully saturated rings. The van der Waals surface area contributed by atoms with Crippen molar-refractivity contribution >= 4 is 12.8 Å². The van der Waals surface area contributed by atoms with Crippen molar-refractivity contribution < 1.29 is 10.0 Å². The highest BCUT2D eigenvalue weighted by atomic mass is 16.4. The molecular weight excluding hydrogens is 273 g/mol. The summed E-state index contributed by atoms with van der Waals surface area (Å²) in [6.45, 7) is 0. The van der Waals surface area contributed by atoms with Crippen LogP contribution in [0.5, 0.6) is 0 Å². The molecule has 2 aromatic rings. The Hall–Kier alpha value is -2.30. The highest BCUT2D eigenvalue weighted by Crippen LogP contribution is 2.32. The fourth-order valence-corrected chi connectivity index (χ4v) is 2.70. The molecule has 22 heavy (non-hydrogen) atoms. The number of hydrogen-bond donors (Lipinski definition) is 3. The summed E-state index contributed by atoms with van der Waals surface area (Å²) in [7, 11) is -1.49. The van der Waals surface area contributed by atoms with Gasteiger partial charge in [-0.05, 0) is 18.1 Å². The van der Waals surface area contributed by atoms with Crippen LogP contribution in [0.1, 0.15) is 6.42 Å². The molecule has 3 N–H and O–H groups in total. The van der Waals surface area contributed by atoms with Crippen LogP contribution in [-0.2, 0) is 0 Å². The van der Waals surface area contributed by atoms with Gasteiger partial charge in [-0.3, -0.25) is 0 Å². The number of rotatable bonds is 4. The van der Waals surface area contributed by atoms with E-state index in [0.717, 1.165) is 16.8 Å². The molecule has 1 aliphatic carbocycles. The first-order valence-electron chi connectivity index (χ1n) is 7.34. The number of para-hydroxylation sites is 1. The molecule has 0 aromatic heterocycles. The molecule has 110 valence electrons. The molecular formula is C18H18BNO2. The van der Waals surface area contributed by atoms with Crippen molar-refractivity contribution in [1.29, 1.82) is 0 Å². The van der Waals surface area contributed by atoms with Crippen LogP contribution >= 0.6 is 0 Å². The van der Waals surface area contributed by atoms with Crippen molar-refractivity contribution in [3.63, 3.8) is 0 Å². The van der Waals surface area contributed by atoms with Crippen molar-refractivity contribution in [3.05, 3.63) is 78.9 Å². The lowest BCUT2D eigenvalue weighted by molar-refractivity contribution is 0.371. The Balaban J connectivity index is 1.99. The Bertz CT molecular complexity index is 697. The maximum absolute atomic E-state index is 9.86. The third-order valence-corrected chi connectivity index (χ3v) is 3.94. The highest BCUT2D eigenvalue weighted by Gasteiger charge is 2.40. The minimum Gasteiger partial charge on any atom is -0.425 e. The zero-order chi connectivity index (χ0) is 15.4. The lowest BCUT2D eigenvalue weighted by Crippen LogP contribution is -2.51. The van der Waals surface area contributed by atoms with E-state index >= 15 is 0 Å². The molecule has 0 radical (unpaired) electrons. The van der Waals surface area contributed by atoms with Gasteiger partial charge in [0, 0.05) is 11.3 Å². The first kappa shape index (κ1) is 14.6. The monoisotopic (exact) mass is 291 g/mol. The van der Waals surface area contributed by atoms with Gasteiger partial charge >= 0.3 is 7.12 Å². The van der Waals surface area contributed by atoms with Crippen molar-refractivity contribution in [1.82, 2.24) is 0 Å². The summed E-state index contributed by atoms with van der Waals surface area (Å²) in [5.41, 5.74) is 2.09. The van der Waals surface area contributed by atoms with Crippen LogP contribution in [0.15, 0.2) is 78.9 Å². The van der Waals surface area contributed by atoms with E-state index in [9.17, 15) is 10.0 Å². The van der Waals surface area contributed by atoms with E-state index in [-0.39, 0.29) is 0 Å². The van der Waals surface area contributed by atoms with E-state index in [4.69, 9.17) is 0 Å². The predicted octanol–water partition coefficient (Wildman–Crippen LogP) is 3.03. The topological polar surface area (TPSA) is 52.5 Å². The van der Waals surface area contributed by atoms with Crippen LogP contribution < -0.4 is 5.32 Å². The van der Waals surface area contributed by atoms with E-state index in [1.54, 1.807) is 6.08 Å². The minimum atomic E-state index is -1.49. The smallest absolute Gasteiger partial charge is 0.425 e. The normalized spacial score (nSPS) is 19.9. The van der Waals surface area contributed by atoms with Crippen molar-refractivity contribution in [2.75, 3.05) is 5.32 Å².